The molecule has 0 radical (unpaired) electrons. The number of piperidine rings is 1. The second-order valence-corrected chi connectivity index (χ2v) is 9.45. The Bertz CT molecular complexity index is 939. The molecule has 2 saturated heterocycles. The summed E-state index contributed by atoms with van der Waals surface area (Å²) in [5.74, 6) is 2.30. The molecular formula is C26H35N5O. The number of fused-ring (bicyclic) bond motifs is 1. The van der Waals surface area contributed by atoms with Crippen molar-refractivity contribution >= 4 is 11.7 Å². The number of hydrogen-bond acceptors (Lipinski definition) is 5. The number of amides is 1. The van der Waals surface area contributed by atoms with E-state index >= 15 is 0 Å². The highest BCUT2D eigenvalue weighted by Crippen LogP contribution is 2.33. The van der Waals surface area contributed by atoms with Gasteiger partial charge in [0.15, 0.2) is 5.82 Å². The smallest absolute Gasteiger partial charge is 0.223 e. The number of carbonyl (C=O) groups excluding carboxylic acids is 1. The molecule has 3 heterocycles. The molecule has 32 heavy (non-hydrogen) atoms. The zero-order valence-corrected chi connectivity index (χ0v) is 19.2. The third-order valence-electron chi connectivity index (χ3n) is 7.53. The van der Waals surface area contributed by atoms with Gasteiger partial charge in [0.05, 0.1) is 0 Å². The van der Waals surface area contributed by atoms with Gasteiger partial charge in [0.1, 0.15) is 5.82 Å². The van der Waals surface area contributed by atoms with Crippen LogP contribution in [0.25, 0.3) is 11.4 Å². The van der Waals surface area contributed by atoms with Crippen molar-refractivity contribution in [2.75, 3.05) is 37.6 Å². The van der Waals surface area contributed by atoms with Gasteiger partial charge in [-0.3, -0.25) is 9.69 Å². The zero-order valence-electron chi connectivity index (χ0n) is 19.2. The normalized spacial score (nSPS) is 21.7. The van der Waals surface area contributed by atoms with Crippen molar-refractivity contribution in [2.24, 2.45) is 5.92 Å². The maximum absolute atomic E-state index is 12.8. The Hall–Kier alpha value is -2.47. The summed E-state index contributed by atoms with van der Waals surface area (Å²) in [6.07, 6.45) is 7.51. The maximum atomic E-state index is 12.8. The molecule has 0 saturated carbocycles. The van der Waals surface area contributed by atoms with E-state index in [-0.39, 0.29) is 11.8 Å². The quantitative estimate of drug-likeness (QED) is 0.756. The fourth-order valence-corrected chi connectivity index (χ4v) is 5.65. The zero-order chi connectivity index (χ0) is 21.9. The molecule has 2 aromatic rings. The molecule has 1 aromatic heterocycles. The molecule has 1 aromatic carbocycles. The number of aromatic nitrogens is 2. The number of rotatable bonds is 6. The molecule has 0 bridgehead atoms. The van der Waals surface area contributed by atoms with E-state index in [1.54, 1.807) is 0 Å². The summed E-state index contributed by atoms with van der Waals surface area (Å²) >= 11 is 0. The highest BCUT2D eigenvalue weighted by atomic mass is 16.1. The minimum Gasteiger partial charge on any atom is -0.356 e. The fraction of sp³-hybridized carbons (Fsp3) is 0.577. The van der Waals surface area contributed by atoms with Crippen LogP contribution in [0, 0.1) is 5.92 Å². The molecule has 6 nitrogen and oxygen atoms in total. The molecule has 1 unspecified atom stereocenters. The number of likely N-dealkylation sites (tertiary alicyclic amines) is 1. The van der Waals surface area contributed by atoms with E-state index in [0.717, 1.165) is 75.5 Å². The third kappa shape index (κ3) is 4.38. The van der Waals surface area contributed by atoms with Gasteiger partial charge >= 0.3 is 0 Å². The highest BCUT2D eigenvalue weighted by molar-refractivity contribution is 5.79. The summed E-state index contributed by atoms with van der Waals surface area (Å²) in [5, 5.41) is 3.26. The van der Waals surface area contributed by atoms with Crippen LogP contribution >= 0.6 is 0 Å². The van der Waals surface area contributed by atoms with Gasteiger partial charge in [-0.05, 0) is 58.0 Å². The Kier molecular flexibility index (Phi) is 6.39. The van der Waals surface area contributed by atoms with Crippen molar-refractivity contribution in [1.82, 2.24) is 20.2 Å². The van der Waals surface area contributed by atoms with Crippen LogP contribution in [-0.2, 0) is 17.6 Å². The molecule has 1 amide bonds. The van der Waals surface area contributed by atoms with Crippen molar-refractivity contribution in [1.29, 1.82) is 0 Å². The second kappa shape index (κ2) is 9.57. The number of anilines is 1. The molecule has 2 fully saturated rings. The molecular weight excluding hydrogens is 398 g/mol. The van der Waals surface area contributed by atoms with Gasteiger partial charge in [0.2, 0.25) is 5.91 Å². The van der Waals surface area contributed by atoms with Gasteiger partial charge in [-0.15, -0.1) is 0 Å². The van der Waals surface area contributed by atoms with Gasteiger partial charge in [0, 0.05) is 48.4 Å². The maximum Gasteiger partial charge on any atom is 0.223 e. The summed E-state index contributed by atoms with van der Waals surface area (Å²) in [5.41, 5.74) is 3.62. The van der Waals surface area contributed by atoms with Crippen LogP contribution in [0.4, 0.5) is 5.82 Å². The number of nitrogens with zero attached hydrogens (tertiary/aromatic N) is 4. The van der Waals surface area contributed by atoms with Crippen LogP contribution in [0.15, 0.2) is 30.3 Å². The van der Waals surface area contributed by atoms with E-state index in [1.807, 2.05) is 18.2 Å². The standard InChI is InChI=1S/C26H35N5O/c1-2-30-15-7-10-21(30)18-27-26(32)20-13-16-31(17-14-20)25-22-11-6-12-23(22)28-24(29-25)19-8-4-3-5-9-19/h3-5,8-9,20-21H,2,6-7,10-18H2,1H3,(H,27,32). The lowest BCUT2D eigenvalue weighted by molar-refractivity contribution is -0.125. The van der Waals surface area contributed by atoms with Crippen LogP contribution in [0.3, 0.4) is 0 Å². The van der Waals surface area contributed by atoms with Crippen molar-refractivity contribution in [3.05, 3.63) is 41.6 Å². The predicted octanol–water partition coefficient (Wildman–Crippen LogP) is 3.45. The molecule has 0 spiro atoms. The first-order chi connectivity index (χ1) is 15.7. The fourth-order valence-electron chi connectivity index (χ4n) is 5.65. The van der Waals surface area contributed by atoms with Crippen LogP contribution in [-0.4, -0.2) is 59.5 Å². The van der Waals surface area contributed by atoms with E-state index in [0.29, 0.717) is 6.04 Å². The minimum atomic E-state index is 0.117. The summed E-state index contributed by atoms with van der Waals surface area (Å²) in [7, 11) is 0. The lowest BCUT2D eigenvalue weighted by Gasteiger charge is -2.34. The average Bonchev–Trinajstić information content (AvgIpc) is 3.51. The summed E-state index contributed by atoms with van der Waals surface area (Å²) in [6.45, 7) is 7.03. The molecule has 3 aliphatic rings. The number of hydrogen-bond donors (Lipinski definition) is 1. The Balaban J connectivity index is 1.23. The molecule has 5 rings (SSSR count). The monoisotopic (exact) mass is 433 g/mol. The lowest BCUT2D eigenvalue weighted by atomic mass is 9.95. The highest BCUT2D eigenvalue weighted by Gasteiger charge is 2.30. The number of nitrogens with one attached hydrogen (secondary N) is 1. The number of benzene rings is 1. The topological polar surface area (TPSA) is 61.4 Å². The van der Waals surface area contributed by atoms with Gasteiger partial charge < -0.3 is 10.2 Å². The van der Waals surface area contributed by atoms with Crippen molar-refractivity contribution in [2.45, 2.75) is 57.9 Å². The molecule has 6 heteroatoms. The first-order valence-corrected chi connectivity index (χ1v) is 12.4. The van der Waals surface area contributed by atoms with E-state index in [2.05, 4.69) is 34.2 Å². The lowest BCUT2D eigenvalue weighted by Crippen LogP contribution is -2.45. The van der Waals surface area contributed by atoms with E-state index < -0.39 is 0 Å². The van der Waals surface area contributed by atoms with E-state index in [9.17, 15) is 4.79 Å². The first-order valence-electron chi connectivity index (χ1n) is 12.4. The van der Waals surface area contributed by atoms with Crippen molar-refractivity contribution < 1.29 is 4.79 Å². The van der Waals surface area contributed by atoms with Gasteiger partial charge in [-0.1, -0.05) is 37.3 Å². The van der Waals surface area contributed by atoms with E-state index in [4.69, 9.17) is 9.97 Å². The van der Waals surface area contributed by atoms with Gasteiger partial charge in [-0.2, -0.15) is 0 Å². The van der Waals surface area contributed by atoms with Gasteiger partial charge in [-0.25, -0.2) is 9.97 Å². The predicted molar refractivity (Wildman–Crippen MR) is 128 cm³/mol. The van der Waals surface area contributed by atoms with Crippen LogP contribution in [0.2, 0.25) is 0 Å². The minimum absolute atomic E-state index is 0.117. The molecule has 2 aliphatic heterocycles. The van der Waals surface area contributed by atoms with Gasteiger partial charge in [0.25, 0.3) is 0 Å². The Morgan fingerprint density at radius 1 is 1.03 bits per heavy atom. The largest absolute Gasteiger partial charge is 0.356 e. The second-order valence-electron chi connectivity index (χ2n) is 9.45. The van der Waals surface area contributed by atoms with Crippen molar-refractivity contribution in [3.63, 3.8) is 0 Å². The molecule has 1 aliphatic carbocycles. The summed E-state index contributed by atoms with van der Waals surface area (Å²) in [6, 6.07) is 10.8. The molecule has 1 atom stereocenters. The summed E-state index contributed by atoms with van der Waals surface area (Å²) in [4.78, 5) is 27.6. The van der Waals surface area contributed by atoms with Crippen LogP contribution in [0.1, 0.15) is 50.3 Å². The van der Waals surface area contributed by atoms with Crippen molar-refractivity contribution in [3.8, 4) is 11.4 Å². The Labute approximate surface area is 191 Å². The molecule has 1 N–H and O–H groups in total. The number of likely N-dealkylation sites (N-methyl/N-ethyl adjacent to an activating group) is 1. The van der Waals surface area contributed by atoms with Crippen LogP contribution < -0.4 is 10.2 Å². The average molecular weight is 434 g/mol. The first kappa shape index (κ1) is 21.4. The Morgan fingerprint density at radius 2 is 1.84 bits per heavy atom. The third-order valence-corrected chi connectivity index (χ3v) is 7.53. The van der Waals surface area contributed by atoms with Crippen LogP contribution in [0.5, 0.6) is 0 Å². The van der Waals surface area contributed by atoms with E-state index in [1.165, 1.54) is 30.6 Å². The molecule has 170 valence electrons. The number of carbonyl (C=O) groups is 1. The SMILES string of the molecule is CCN1CCCC1CNC(=O)C1CCN(c2nc(-c3ccccc3)nc3c2CCC3)CC1. The summed E-state index contributed by atoms with van der Waals surface area (Å²) < 4.78 is 0. The number of aryl methyl sites for hydroxylation is 1. The Morgan fingerprint density at radius 3 is 2.62 bits per heavy atom.